The molecule has 0 aromatic rings. The van der Waals surface area contributed by atoms with Gasteiger partial charge >= 0.3 is 0 Å². The van der Waals surface area contributed by atoms with Crippen molar-refractivity contribution in [3.8, 4) is 0 Å². The molecule has 6 nitrogen and oxygen atoms in total. The van der Waals surface area contributed by atoms with Gasteiger partial charge in [-0.25, -0.2) is 0 Å². The average Bonchev–Trinajstić information content (AvgIpc) is 2.46. The first kappa shape index (κ1) is 17.8. The monoisotopic (exact) mass is 292 g/mol. The Morgan fingerprint density at radius 1 is 0.750 bits per heavy atom. The molecule has 2 atom stereocenters. The van der Waals surface area contributed by atoms with Crippen molar-refractivity contribution in [3.63, 3.8) is 0 Å². The molecule has 0 spiro atoms. The van der Waals surface area contributed by atoms with Gasteiger partial charge in [0.1, 0.15) is 0 Å². The maximum absolute atomic E-state index is 9.72. The van der Waals surface area contributed by atoms with Crippen LogP contribution in [-0.4, -0.2) is 75.3 Å². The summed E-state index contributed by atoms with van der Waals surface area (Å²) in [4.78, 5) is 0. The highest BCUT2D eigenvalue weighted by atomic mass is 16.6. The van der Waals surface area contributed by atoms with Crippen LogP contribution in [-0.2, 0) is 18.9 Å². The van der Waals surface area contributed by atoms with Gasteiger partial charge in [0.2, 0.25) is 0 Å². The van der Waals surface area contributed by atoms with Crippen molar-refractivity contribution in [1.29, 1.82) is 0 Å². The largest absolute Gasteiger partial charge is 0.394 e. The zero-order chi connectivity index (χ0) is 14.5. The van der Waals surface area contributed by atoms with Gasteiger partial charge < -0.3 is 29.2 Å². The van der Waals surface area contributed by atoms with Crippen LogP contribution in [0.25, 0.3) is 0 Å². The first-order valence-corrected chi connectivity index (χ1v) is 7.48. The van der Waals surface area contributed by atoms with Crippen LogP contribution in [0.15, 0.2) is 0 Å². The minimum Gasteiger partial charge on any atom is -0.394 e. The molecule has 2 N–H and O–H groups in total. The summed E-state index contributed by atoms with van der Waals surface area (Å²) in [6.45, 7) is 3.47. The third-order valence-corrected chi connectivity index (χ3v) is 3.21. The normalized spacial score (nSPS) is 23.1. The van der Waals surface area contributed by atoms with Gasteiger partial charge in [-0.15, -0.1) is 0 Å². The molecule has 20 heavy (non-hydrogen) atoms. The molecule has 0 aliphatic heterocycles. The molecular weight excluding hydrogens is 264 g/mol. The lowest BCUT2D eigenvalue weighted by Gasteiger charge is -2.27. The van der Waals surface area contributed by atoms with E-state index in [0.29, 0.717) is 46.2 Å². The number of hydrogen-bond donors (Lipinski definition) is 2. The lowest BCUT2D eigenvalue weighted by Crippen LogP contribution is -2.33. The van der Waals surface area contributed by atoms with E-state index < -0.39 is 0 Å². The molecular formula is C14H28O6. The van der Waals surface area contributed by atoms with Gasteiger partial charge in [-0.2, -0.15) is 0 Å². The third kappa shape index (κ3) is 8.84. The molecule has 1 aliphatic carbocycles. The molecule has 1 rings (SSSR count). The number of hydrogen-bond acceptors (Lipinski definition) is 6. The van der Waals surface area contributed by atoms with E-state index in [9.17, 15) is 5.11 Å². The lowest BCUT2D eigenvalue weighted by atomic mass is 9.95. The summed E-state index contributed by atoms with van der Waals surface area (Å²) in [5.41, 5.74) is 0. The summed E-state index contributed by atoms with van der Waals surface area (Å²) in [5, 5.41) is 18.2. The minimum absolute atomic E-state index is 0.0210. The van der Waals surface area contributed by atoms with E-state index in [-0.39, 0.29) is 18.8 Å². The highest BCUT2D eigenvalue weighted by Crippen LogP contribution is 2.20. The summed E-state index contributed by atoms with van der Waals surface area (Å²) in [6.07, 6.45) is 3.68. The van der Waals surface area contributed by atoms with E-state index in [2.05, 4.69) is 0 Å². The second-order valence-electron chi connectivity index (χ2n) is 4.82. The van der Waals surface area contributed by atoms with E-state index in [1.165, 1.54) is 0 Å². The van der Waals surface area contributed by atoms with Crippen molar-refractivity contribution in [2.45, 2.75) is 37.9 Å². The minimum atomic E-state index is -0.314. The number of ether oxygens (including phenoxy) is 4. The second-order valence-corrected chi connectivity index (χ2v) is 4.82. The van der Waals surface area contributed by atoms with E-state index in [0.717, 1.165) is 25.7 Å². The summed E-state index contributed by atoms with van der Waals surface area (Å²) in [6, 6.07) is 0. The standard InChI is InChI=1S/C14H28O6/c15-5-6-17-7-8-18-9-10-19-11-12-20-14-4-2-1-3-13(14)16/h13-16H,1-12H2/t13-,14-/m1/s1. The predicted molar refractivity (Wildman–Crippen MR) is 73.8 cm³/mol. The summed E-state index contributed by atoms with van der Waals surface area (Å²) >= 11 is 0. The SMILES string of the molecule is OCCOCCOCCOCCO[C@@H]1CCCC[C@H]1O. The van der Waals surface area contributed by atoms with Crippen molar-refractivity contribution >= 4 is 0 Å². The number of aliphatic hydroxyl groups excluding tert-OH is 2. The van der Waals surface area contributed by atoms with Gasteiger partial charge in [0.25, 0.3) is 0 Å². The van der Waals surface area contributed by atoms with Crippen LogP contribution >= 0.6 is 0 Å². The first-order valence-electron chi connectivity index (χ1n) is 7.48. The van der Waals surface area contributed by atoms with Crippen LogP contribution in [0.3, 0.4) is 0 Å². The molecule has 0 heterocycles. The smallest absolute Gasteiger partial charge is 0.0835 e. The number of aliphatic hydroxyl groups is 2. The summed E-state index contributed by atoms with van der Waals surface area (Å²) in [5.74, 6) is 0. The zero-order valence-corrected chi connectivity index (χ0v) is 12.2. The third-order valence-electron chi connectivity index (χ3n) is 3.21. The fourth-order valence-corrected chi connectivity index (χ4v) is 2.14. The molecule has 1 fully saturated rings. The maximum atomic E-state index is 9.72. The molecule has 1 saturated carbocycles. The van der Waals surface area contributed by atoms with Gasteiger partial charge in [0.05, 0.1) is 65.1 Å². The highest BCUT2D eigenvalue weighted by Gasteiger charge is 2.23. The Kier molecular flexibility index (Phi) is 11.1. The van der Waals surface area contributed by atoms with Gasteiger partial charge in [-0.3, -0.25) is 0 Å². The van der Waals surface area contributed by atoms with Crippen molar-refractivity contribution in [1.82, 2.24) is 0 Å². The molecule has 0 amide bonds. The van der Waals surface area contributed by atoms with Crippen molar-refractivity contribution in [2.24, 2.45) is 0 Å². The van der Waals surface area contributed by atoms with Gasteiger partial charge in [0, 0.05) is 0 Å². The Hall–Kier alpha value is -0.240. The lowest BCUT2D eigenvalue weighted by molar-refractivity contribution is -0.0769. The Bertz CT molecular complexity index is 214. The highest BCUT2D eigenvalue weighted by molar-refractivity contribution is 4.74. The fourth-order valence-electron chi connectivity index (χ4n) is 2.14. The Morgan fingerprint density at radius 2 is 1.30 bits per heavy atom. The Morgan fingerprint density at radius 3 is 1.90 bits per heavy atom. The summed E-state index contributed by atoms with van der Waals surface area (Å²) in [7, 11) is 0. The Labute approximate surface area is 121 Å². The number of rotatable bonds is 12. The molecule has 0 bridgehead atoms. The fraction of sp³-hybridized carbons (Fsp3) is 1.00. The Balaban J connectivity index is 1.78. The molecule has 6 heteroatoms. The van der Waals surface area contributed by atoms with Crippen molar-refractivity contribution in [2.75, 3.05) is 52.9 Å². The van der Waals surface area contributed by atoms with Crippen LogP contribution in [0.1, 0.15) is 25.7 Å². The summed E-state index contributed by atoms with van der Waals surface area (Å²) < 4.78 is 21.3. The molecule has 1 aliphatic rings. The maximum Gasteiger partial charge on any atom is 0.0835 e. The van der Waals surface area contributed by atoms with Crippen molar-refractivity contribution in [3.05, 3.63) is 0 Å². The van der Waals surface area contributed by atoms with E-state index >= 15 is 0 Å². The predicted octanol–water partition coefficient (Wildman–Crippen LogP) is 0.349. The van der Waals surface area contributed by atoms with Gasteiger partial charge in [0.15, 0.2) is 0 Å². The topological polar surface area (TPSA) is 77.4 Å². The van der Waals surface area contributed by atoms with Crippen molar-refractivity contribution < 1.29 is 29.2 Å². The molecule has 0 saturated heterocycles. The molecule has 0 unspecified atom stereocenters. The average molecular weight is 292 g/mol. The molecule has 0 radical (unpaired) electrons. The first-order chi connectivity index (χ1) is 9.84. The zero-order valence-electron chi connectivity index (χ0n) is 12.2. The molecule has 120 valence electrons. The van der Waals surface area contributed by atoms with Gasteiger partial charge in [-0.1, -0.05) is 12.8 Å². The van der Waals surface area contributed by atoms with E-state index in [4.69, 9.17) is 24.1 Å². The molecule has 0 aromatic carbocycles. The van der Waals surface area contributed by atoms with Crippen LogP contribution in [0.4, 0.5) is 0 Å². The van der Waals surface area contributed by atoms with E-state index in [1.54, 1.807) is 0 Å². The van der Waals surface area contributed by atoms with Crippen LogP contribution < -0.4 is 0 Å². The van der Waals surface area contributed by atoms with Crippen LogP contribution in [0, 0.1) is 0 Å². The van der Waals surface area contributed by atoms with Crippen LogP contribution in [0.2, 0.25) is 0 Å². The van der Waals surface area contributed by atoms with Gasteiger partial charge in [-0.05, 0) is 12.8 Å². The molecule has 0 aromatic heterocycles. The van der Waals surface area contributed by atoms with E-state index in [1.807, 2.05) is 0 Å². The second kappa shape index (κ2) is 12.5. The van der Waals surface area contributed by atoms with Crippen LogP contribution in [0.5, 0.6) is 0 Å². The quantitative estimate of drug-likeness (QED) is 0.505.